The van der Waals surface area contributed by atoms with Crippen molar-refractivity contribution in [1.29, 1.82) is 0 Å². The fraction of sp³-hybridized carbons (Fsp3) is 0.167. The molecule has 18 heavy (non-hydrogen) atoms. The van der Waals surface area contributed by atoms with Crippen LogP contribution in [0.5, 0.6) is 5.75 Å². The van der Waals surface area contributed by atoms with Crippen LogP contribution in [0.2, 0.25) is 0 Å². The van der Waals surface area contributed by atoms with Crippen LogP contribution in [0.1, 0.15) is 5.69 Å². The normalized spacial score (nSPS) is 13.4. The highest BCUT2D eigenvalue weighted by molar-refractivity contribution is 5.95. The summed E-state index contributed by atoms with van der Waals surface area (Å²) in [4.78, 5) is 11.1. The number of carbonyl (C=O) groups excluding carboxylic acids is 1. The van der Waals surface area contributed by atoms with Crippen LogP contribution in [0.15, 0.2) is 30.5 Å². The Labute approximate surface area is 103 Å². The largest absolute Gasteiger partial charge is 0.482 e. The molecule has 6 heteroatoms. The summed E-state index contributed by atoms with van der Waals surface area (Å²) in [7, 11) is 0. The molecule has 0 saturated heterocycles. The van der Waals surface area contributed by atoms with E-state index in [1.807, 2.05) is 24.3 Å². The average molecular weight is 244 g/mol. The van der Waals surface area contributed by atoms with Crippen molar-refractivity contribution in [3.8, 4) is 5.75 Å². The molecule has 6 nitrogen and oxygen atoms in total. The van der Waals surface area contributed by atoms with Crippen molar-refractivity contribution in [2.75, 3.05) is 17.2 Å². The Hall–Kier alpha value is -2.50. The molecule has 2 heterocycles. The van der Waals surface area contributed by atoms with Crippen molar-refractivity contribution in [2.24, 2.45) is 0 Å². The van der Waals surface area contributed by atoms with Crippen molar-refractivity contribution in [2.45, 2.75) is 6.54 Å². The van der Waals surface area contributed by atoms with Gasteiger partial charge >= 0.3 is 0 Å². The summed E-state index contributed by atoms with van der Waals surface area (Å²) in [6.07, 6.45) is 1.71. The summed E-state index contributed by atoms with van der Waals surface area (Å²) in [6.45, 7) is 0.724. The second-order valence-electron chi connectivity index (χ2n) is 3.98. The zero-order chi connectivity index (χ0) is 12.4. The topological polar surface area (TPSA) is 79.0 Å². The number of nitrogens with zero attached hydrogens (tertiary/aromatic N) is 1. The maximum absolute atomic E-state index is 11.1. The molecule has 3 rings (SSSR count). The van der Waals surface area contributed by atoms with Gasteiger partial charge in [0.25, 0.3) is 5.91 Å². The maximum Gasteiger partial charge on any atom is 0.262 e. The number of H-pyrrole nitrogens is 1. The fourth-order valence-corrected chi connectivity index (χ4v) is 1.76. The summed E-state index contributed by atoms with van der Waals surface area (Å²) in [5, 5.41) is 12.7. The van der Waals surface area contributed by atoms with E-state index in [1.165, 1.54) is 0 Å². The highest BCUT2D eigenvalue weighted by Gasteiger charge is 2.15. The molecule has 1 aromatic heterocycles. The van der Waals surface area contributed by atoms with Crippen molar-refractivity contribution >= 4 is 17.3 Å². The van der Waals surface area contributed by atoms with Gasteiger partial charge in [0.15, 0.2) is 6.61 Å². The van der Waals surface area contributed by atoms with Crippen LogP contribution in [0.4, 0.5) is 11.4 Å². The molecule has 0 bridgehead atoms. The second kappa shape index (κ2) is 4.40. The van der Waals surface area contributed by atoms with Gasteiger partial charge in [0.1, 0.15) is 5.75 Å². The maximum atomic E-state index is 11.1. The van der Waals surface area contributed by atoms with Gasteiger partial charge in [-0.05, 0) is 18.2 Å². The Bertz CT molecular complexity index is 565. The molecular weight excluding hydrogens is 232 g/mol. The first-order valence-corrected chi connectivity index (χ1v) is 5.60. The third kappa shape index (κ3) is 2.13. The Morgan fingerprint density at radius 2 is 2.33 bits per heavy atom. The smallest absolute Gasteiger partial charge is 0.262 e. The monoisotopic (exact) mass is 244 g/mol. The van der Waals surface area contributed by atoms with Crippen LogP contribution in [-0.2, 0) is 11.3 Å². The number of benzene rings is 1. The molecule has 0 spiro atoms. The summed E-state index contributed by atoms with van der Waals surface area (Å²) >= 11 is 0. The van der Waals surface area contributed by atoms with Crippen LogP contribution >= 0.6 is 0 Å². The second-order valence-corrected chi connectivity index (χ2v) is 3.98. The van der Waals surface area contributed by atoms with Gasteiger partial charge in [-0.15, -0.1) is 0 Å². The molecule has 0 radical (unpaired) electrons. The number of aromatic nitrogens is 2. The lowest BCUT2D eigenvalue weighted by atomic mass is 10.2. The number of aromatic amines is 1. The zero-order valence-electron chi connectivity index (χ0n) is 9.56. The number of amides is 1. The van der Waals surface area contributed by atoms with Gasteiger partial charge in [-0.1, -0.05) is 0 Å². The van der Waals surface area contributed by atoms with Crippen LogP contribution < -0.4 is 15.4 Å². The summed E-state index contributed by atoms with van der Waals surface area (Å²) in [5.74, 6) is 0.560. The van der Waals surface area contributed by atoms with Gasteiger partial charge in [-0.25, -0.2) is 0 Å². The van der Waals surface area contributed by atoms with E-state index in [2.05, 4.69) is 20.8 Å². The number of nitrogens with one attached hydrogen (secondary N) is 3. The predicted molar refractivity (Wildman–Crippen MR) is 66.5 cm³/mol. The highest BCUT2D eigenvalue weighted by Crippen LogP contribution is 2.30. The van der Waals surface area contributed by atoms with Crippen LogP contribution in [0.3, 0.4) is 0 Å². The van der Waals surface area contributed by atoms with Crippen molar-refractivity contribution in [3.63, 3.8) is 0 Å². The molecule has 0 saturated carbocycles. The Kier molecular flexibility index (Phi) is 2.60. The average Bonchev–Trinajstić information content (AvgIpc) is 2.89. The standard InChI is InChI=1S/C12H12N4O2/c17-12-7-18-11-5-8(1-2-10(11)15-12)13-6-9-3-4-14-16-9/h1-5,13H,6-7H2,(H,14,16)(H,15,17). The number of hydrogen-bond donors (Lipinski definition) is 3. The molecule has 1 aliphatic heterocycles. The fourth-order valence-electron chi connectivity index (χ4n) is 1.76. The molecule has 92 valence electrons. The van der Waals surface area contributed by atoms with Gasteiger partial charge in [0.05, 0.1) is 17.9 Å². The first-order chi connectivity index (χ1) is 8.81. The van der Waals surface area contributed by atoms with E-state index in [0.717, 1.165) is 11.4 Å². The molecule has 1 aliphatic rings. The molecule has 0 unspecified atom stereocenters. The lowest BCUT2D eigenvalue weighted by Crippen LogP contribution is -2.25. The van der Waals surface area contributed by atoms with Gasteiger partial charge < -0.3 is 15.4 Å². The van der Waals surface area contributed by atoms with Crippen LogP contribution in [0.25, 0.3) is 0 Å². The minimum atomic E-state index is -0.124. The van der Waals surface area contributed by atoms with E-state index in [-0.39, 0.29) is 12.5 Å². The van der Waals surface area contributed by atoms with E-state index in [4.69, 9.17) is 4.74 Å². The van der Waals surface area contributed by atoms with Gasteiger partial charge in [-0.2, -0.15) is 5.10 Å². The first kappa shape index (κ1) is 10.6. The minimum Gasteiger partial charge on any atom is -0.482 e. The lowest BCUT2D eigenvalue weighted by molar-refractivity contribution is -0.118. The van der Waals surface area contributed by atoms with E-state index in [0.29, 0.717) is 18.0 Å². The van der Waals surface area contributed by atoms with Gasteiger partial charge in [-0.3, -0.25) is 9.89 Å². The summed E-state index contributed by atoms with van der Waals surface area (Å²) < 4.78 is 5.34. The SMILES string of the molecule is O=C1COc2cc(NCc3ccn[nH]3)ccc2N1. The lowest BCUT2D eigenvalue weighted by Gasteiger charge is -2.18. The molecule has 0 atom stereocenters. The van der Waals surface area contributed by atoms with Gasteiger partial charge in [0.2, 0.25) is 0 Å². The molecule has 1 amide bonds. The zero-order valence-corrected chi connectivity index (χ0v) is 9.56. The highest BCUT2D eigenvalue weighted by atomic mass is 16.5. The number of rotatable bonds is 3. The molecular formula is C12H12N4O2. The van der Waals surface area contributed by atoms with Gasteiger partial charge in [0, 0.05) is 18.0 Å². The Morgan fingerprint density at radius 3 is 3.17 bits per heavy atom. The Balaban J connectivity index is 1.72. The molecule has 2 aromatic rings. The molecule has 0 aliphatic carbocycles. The summed E-state index contributed by atoms with van der Waals surface area (Å²) in [6, 6.07) is 7.49. The van der Waals surface area contributed by atoms with Crippen molar-refractivity contribution < 1.29 is 9.53 Å². The number of fused-ring (bicyclic) bond motifs is 1. The van der Waals surface area contributed by atoms with E-state index >= 15 is 0 Å². The third-order valence-electron chi connectivity index (χ3n) is 2.66. The first-order valence-electron chi connectivity index (χ1n) is 5.60. The number of carbonyl (C=O) groups is 1. The minimum absolute atomic E-state index is 0.0665. The number of ether oxygens (including phenoxy) is 1. The predicted octanol–water partition coefficient (Wildman–Crippen LogP) is 1.35. The number of anilines is 2. The third-order valence-corrected chi connectivity index (χ3v) is 2.66. The van der Waals surface area contributed by atoms with Crippen molar-refractivity contribution in [1.82, 2.24) is 10.2 Å². The van der Waals surface area contributed by atoms with Crippen LogP contribution in [-0.4, -0.2) is 22.7 Å². The molecule has 1 aromatic carbocycles. The van der Waals surface area contributed by atoms with E-state index in [9.17, 15) is 4.79 Å². The van der Waals surface area contributed by atoms with Crippen molar-refractivity contribution in [3.05, 3.63) is 36.2 Å². The van der Waals surface area contributed by atoms with E-state index < -0.39 is 0 Å². The molecule has 3 N–H and O–H groups in total. The van der Waals surface area contributed by atoms with Crippen LogP contribution in [0, 0.1) is 0 Å². The number of hydrogen-bond acceptors (Lipinski definition) is 4. The Morgan fingerprint density at radius 1 is 1.39 bits per heavy atom. The molecule has 0 fully saturated rings. The van der Waals surface area contributed by atoms with E-state index in [1.54, 1.807) is 6.20 Å². The quantitative estimate of drug-likeness (QED) is 0.761. The summed E-state index contributed by atoms with van der Waals surface area (Å²) in [5.41, 5.74) is 2.64.